The quantitative estimate of drug-likeness (QED) is 0.273. The first kappa shape index (κ1) is 22.4. The minimum atomic E-state index is -0.134. The topological polar surface area (TPSA) is 85.4 Å². The van der Waals surface area contributed by atoms with Gasteiger partial charge in [0.05, 0.1) is 25.0 Å². The number of guanidine groups is 1. The van der Waals surface area contributed by atoms with Crippen LogP contribution in [0, 0.1) is 0 Å². The third kappa shape index (κ3) is 6.60. The summed E-state index contributed by atoms with van der Waals surface area (Å²) < 4.78 is 0. The van der Waals surface area contributed by atoms with Crippen LogP contribution in [0.25, 0.3) is 11.3 Å². The highest BCUT2D eigenvalue weighted by molar-refractivity contribution is 14.0. The lowest BCUT2D eigenvalue weighted by atomic mass is 10.2. The molecular weight excluding hydrogens is 479 g/mol. The van der Waals surface area contributed by atoms with E-state index in [1.54, 1.807) is 7.05 Å². The summed E-state index contributed by atoms with van der Waals surface area (Å²) in [5, 5.41) is 5.91. The molecule has 1 heterocycles. The molecule has 1 aromatic heterocycles. The Morgan fingerprint density at radius 1 is 1.10 bits per heavy atom. The van der Waals surface area contributed by atoms with E-state index in [4.69, 9.17) is 0 Å². The van der Waals surface area contributed by atoms with Crippen molar-refractivity contribution in [3.05, 3.63) is 72.7 Å². The van der Waals surface area contributed by atoms with E-state index < -0.39 is 0 Å². The number of aliphatic imine (C=N–C) groups is 1. The summed E-state index contributed by atoms with van der Waals surface area (Å²) in [6.07, 6.45) is 1.82. The van der Waals surface area contributed by atoms with Crippen LogP contribution in [0.5, 0.6) is 0 Å². The van der Waals surface area contributed by atoms with Gasteiger partial charge in [-0.15, -0.1) is 24.0 Å². The predicted octanol–water partition coefficient (Wildman–Crippen LogP) is 3.34. The molecule has 0 aliphatic carbocycles. The minimum absolute atomic E-state index is 0. The molecule has 2 aromatic carbocycles. The summed E-state index contributed by atoms with van der Waals surface area (Å²) in [5.41, 5.74) is 2.82. The van der Waals surface area contributed by atoms with E-state index in [0.717, 1.165) is 22.8 Å². The molecule has 0 aliphatic heterocycles. The van der Waals surface area contributed by atoms with Crippen LogP contribution in [0.3, 0.4) is 0 Å². The van der Waals surface area contributed by atoms with Crippen molar-refractivity contribution in [3.63, 3.8) is 0 Å². The highest BCUT2D eigenvalue weighted by atomic mass is 127. The molecule has 7 nitrogen and oxygen atoms in total. The first-order valence-corrected chi connectivity index (χ1v) is 9.01. The third-order valence-electron chi connectivity index (χ3n) is 4.14. The molecule has 0 bridgehead atoms. The maximum absolute atomic E-state index is 12.1. The number of anilines is 1. The number of amides is 1. The number of imidazole rings is 1. The van der Waals surface area contributed by atoms with Crippen molar-refractivity contribution in [1.29, 1.82) is 0 Å². The Balaban J connectivity index is 0.00000300. The number of hydrogen-bond donors (Lipinski definition) is 3. The normalized spacial score (nSPS) is 10.8. The number of benzene rings is 2. The van der Waals surface area contributed by atoms with E-state index in [1.165, 1.54) is 0 Å². The van der Waals surface area contributed by atoms with Gasteiger partial charge in [-0.2, -0.15) is 0 Å². The Morgan fingerprint density at radius 2 is 1.76 bits per heavy atom. The fourth-order valence-corrected chi connectivity index (χ4v) is 2.78. The zero-order valence-electron chi connectivity index (χ0n) is 16.4. The monoisotopic (exact) mass is 504 g/mol. The summed E-state index contributed by atoms with van der Waals surface area (Å²) in [6, 6.07) is 19.4. The molecule has 0 unspecified atom stereocenters. The summed E-state index contributed by atoms with van der Waals surface area (Å²) in [5.74, 6) is 1.30. The predicted molar refractivity (Wildman–Crippen MR) is 127 cm³/mol. The molecule has 3 aromatic rings. The van der Waals surface area contributed by atoms with Crippen LogP contribution < -0.4 is 10.6 Å². The number of halogens is 1. The number of carbonyl (C=O) groups excluding carboxylic acids is 1. The van der Waals surface area contributed by atoms with Crippen molar-refractivity contribution in [2.24, 2.45) is 4.99 Å². The number of carbonyl (C=O) groups is 1. The van der Waals surface area contributed by atoms with E-state index in [-0.39, 0.29) is 36.4 Å². The van der Waals surface area contributed by atoms with Gasteiger partial charge in [-0.3, -0.25) is 9.79 Å². The Hall–Kier alpha value is -2.88. The number of nitrogens with zero attached hydrogens (tertiary/aromatic N) is 3. The Morgan fingerprint density at radius 3 is 2.41 bits per heavy atom. The Bertz CT molecular complexity index is 927. The number of rotatable bonds is 6. The van der Waals surface area contributed by atoms with Gasteiger partial charge in [-0.25, -0.2) is 4.98 Å². The second-order valence-electron chi connectivity index (χ2n) is 6.28. The average Bonchev–Trinajstić information content (AvgIpc) is 3.18. The minimum Gasteiger partial charge on any atom is -0.347 e. The highest BCUT2D eigenvalue weighted by Crippen LogP contribution is 2.16. The molecule has 0 aliphatic rings. The van der Waals surface area contributed by atoms with Gasteiger partial charge in [0, 0.05) is 19.8 Å². The largest absolute Gasteiger partial charge is 0.347 e. The van der Waals surface area contributed by atoms with Crippen LogP contribution in [0.4, 0.5) is 5.69 Å². The van der Waals surface area contributed by atoms with Gasteiger partial charge >= 0.3 is 0 Å². The summed E-state index contributed by atoms with van der Waals surface area (Å²) in [7, 11) is 3.58. The second kappa shape index (κ2) is 11.2. The van der Waals surface area contributed by atoms with Gasteiger partial charge in [-0.05, 0) is 17.7 Å². The fourth-order valence-electron chi connectivity index (χ4n) is 2.78. The molecule has 3 rings (SSSR count). The molecule has 0 saturated carbocycles. The molecule has 1 amide bonds. The van der Waals surface area contributed by atoms with Crippen molar-refractivity contribution in [2.45, 2.75) is 6.54 Å². The highest BCUT2D eigenvalue weighted by Gasteiger charge is 2.11. The van der Waals surface area contributed by atoms with E-state index in [9.17, 15) is 4.79 Å². The Labute approximate surface area is 187 Å². The molecule has 8 heteroatoms. The van der Waals surface area contributed by atoms with Crippen molar-refractivity contribution >= 4 is 41.5 Å². The van der Waals surface area contributed by atoms with E-state index >= 15 is 0 Å². The molecule has 0 spiro atoms. The Kier molecular flexibility index (Phi) is 8.66. The fraction of sp³-hybridized carbons (Fsp3) is 0.190. The molecular formula is C21H25IN6O. The molecule has 0 saturated heterocycles. The maximum atomic E-state index is 12.1. The lowest BCUT2D eigenvalue weighted by Crippen LogP contribution is -2.42. The van der Waals surface area contributed by atoms with E-state index in [0.29, 0.717) is 12.5 Å². The first-order chi connectivity index (χ1) is 13.7. The zero-order valence-corrected chi connectivity index (χ0v) is 18.8. The number of aromatic nitrogens is 2. The van der Waals surface area contributed by atoms with E-state index in [2.05, 4.69) is 25.6 Å². The lowest BCUT2D eigenvalue weighted by Gasteiger charge is -2.20. The van der Waals surface area contributed by atoms with Gasteiger partial charge in [0.25, 0.3) is 0 Å². The smallest absolute Gasteiger partial charge is 0.243 e. The van der Waals surface area contributed by atoms with Gasteiger partial charge < -0.3 is 20.5 Å². The van der Waals surface area contributed by atoms with Gasteiger partial charge in [-0.1, -0.05) is 48.5 Å². The van der Waals surface area contributed by atoms with Crippen molar-refractivity contribution in [2.75, 3.05) is 26.0 Å². The van der Waals surface area contributed by atoms with Crippen LogP contribution >= 0.6 is 24.0 Å². The van der Waals surface area contributed by atoms with Crippen LogP contribution in [-0.4, -0.2) is 47.4 Å². The van der Waals surface area contributed by atoms with Crippen molar-refractivity contribution < 1.29 is 4.79 Å². The van der Waals surface area contributed by atoms with Crippen molar-refractivity contribution in [3.8, 4) is 11.3 Å². The molecule has 0 atom stereocenters. The number of para-hydroxylation sites is 1. The van der Waals surface area contributed by atoms with Crippen LogP contribution in [0.2, 0.25) is 0 Å². The summed E-state index contributed by atoms with van der Waals surface area (Å²) in [4.78, 5) is 26.0. The first-order valence-electron chi connectivity index (χ1n) is 9.01. The van der Waals surface area contributed by atoms with Crippen LogP contribution in [0.15, 0.2) is 71.9 Å². The van der Waals surface area contributed by atoms with Gasteiger partial charge in [0.15, 0.2) is 5.96 Å². The van der Waals surface area contributed by atoms with Gasteiger partial charge in [0.1, 0.15) is 5.82 Å². The number of H-pyrrole nitrogens is 1. The van der Waals surface area contributed by atoms with Gasteiger partial charge in [0.2, 0.25) is 5.91 Å². The summed E-state index contributed by atoms with van der Waals surface area (Å²) >= 11 is 0. The van der Waals surface area contributed by atoms with E-state index in [1.807, 2.05) is 78.8 Å². The molecule has 152 valence electrons. The lowest BCUT2D eigenvalue weighted by molar-refractivity contribution is -0.115. The number of aromatic amines is 1. The van der Waals surface area contributed by atoms with Crippen molar-refractivity contribution in [1.82, 2.24) is 20.2 Å². The molecule has 29 heavy (non-hydrogen) atoms. The van der Waals surface area contributed by atoms with Crippen LogP contribution in [0.1, 0.15) is 5.82 Å². The second-order valence-corrected chi connectivity index (χ2v) is 6.28. The molecule has 3 N–H and O–H groups in total. The third-order valence-corrected chi connectivity index (χ3v) is 4.14. The standard InChI is InChI=1S/C21H24N6O.HI/c1-22-21(24-14-20(28)25-17-11-7-4-8-12-17)27(2)15-19-23-13-18(26-19)16-9-5-3-6-10-16;/h3-13H,14-15H2,1-2H3,(H,22,24)(H,23,26)(H,25,28);1H. The molecule has 0 fully saturated rings. The average molecular weight is 504 g/mol. The maximum Gasteiger partial charge on any atom is 0.243 e. The number of nitrogens with one attached hydrogen (secondary N) is 3. The SMILES string of the molecule is CN=C(NCC(=O)Nc1ccccc1)N(C)Cc1ncc(-c2ccccc2)[nH]1.I. The molecule has 0 radical (unpaired) electrons. The summed E-state index contributed by atoms with van der Waals surface area (Å²) in [6.45, 7) is 0.659. The van der Waals surface area contributed by atoms with Crippen LogP contribution in [-0.2, 0) is 11.3 Å². The number of hydrogen-bond acceptors (Lipinski definition) is 3. The zero-order chi connectivity index (χ0) is 19.8.